The first-order valence-electron chi connectivity index (χ1n) is 8.46. The standard InChI is InChI=1S/C17H19N5O3.ClH/c23-17(19-13-9-11-5-6-12(10-13)18-11)14-7-8-21(20-14)15-3-1-2-4-16(15)22(24)25;/h1-4,7-8,11-13,18H,5-6,9-10H2,(H,19,23);1H. The molecule has 2 fully saturated rings. The fraction of sp³-hybridized carbons (Fsp3) is 0.412. The third-order valence-electron chi connectivity index (χ3n) is 4.96. The summed E-state index contributed by atoms with van der Waals surface area (Å²) in [5.41, 5.74) is 0.558. The van der Waals surface area contributed by atoms with E-state index in [1.165, 1.54) is 23.6 Å². The van der Waals surface area contributed by atoms with Gasteiger partial charge in [-0.3, -0.25) is 14.9 Å². The zero-order valence-corrected chi connectivity index (χ0v) is 14.8. The Morgan fingerprint density at radius 1 is 1.23 bits per heavy atom. The van der Waals surface area contributed by atoms with Gasteiger partial charge in [-0.1, -0.05) is 12.1 Å². The SMILES string of the molecule is Cl.O=C(NC1CC2CCC(C1)N2)c1ccn(-c2ccccc2[N+](=O)[O-])n1. The molecule has 9 heteroatoms. The summed E-state index contributed by atoms with van der Waals surface area (Å²) in [6, 6.07) is 9.06. The molecular formula is C17H20ClN5O3. The van der Waals surface area contributed by atoms with Gasteiger partial charge in [0.15, 0.2) is 5.69 Å². The lowest BCUT2D eigenvalue weighted by molar-refractivity contribution is -0.384. The lowest BCUT2D eigenvalue weighted by atomic mass is 10.00. The number of aromatic nitrogens is 2. The molecule has 2 bridgehead atoms. The van der Waals surface area contributed by atoms with Crippen molar-refractivity contribution in [2.45, 2.75) is 43.8 Å². The van der Waals surface area contributed by atoms with Crippen LogP contribution in [0, 0.1) is 10.1 Å². The van der Waals surface area contributed by atoms with Crippen molar-refractivity contribution in [3.63, 3.8) is 0 Å². The molecule has 2 atom stereocenters. The van der Waals surface area contributed by atoms with Gasteiger partial charge in [-0.05, 0) is 37.8 Å². The Kier molecular flexibility index (Phi) is 5.24. The fourth-order valence-corrected chi connectivity index (χ4v) is 3.83. The second kappa shape index (κ2) is 7.43. The van der Waals surface area contributed by atoms with Gasteiger partial charge in [0.05, 0.1) is 4.92 Å². The van der Waals surface area contributed by atoms with E-state index in [9.17, 15) is 14.9 Å². The van der Waals surface area contributed by atoms with Crippen LogP contribution in [0.25, 0.3) is 5.69 Å². The Morgan fingerprint density at radius 3 is 2.62 bits per heavy atom. The highest BCUT2D eigenvalue weighted by atomic mass is 35.5. The number of piperidine rings is 1. The summed E-state index contributed by atoms with van der Waals surface area (Å²) < 4.78 is 1.37. The number of amides is 1. The summed E-state index contributed by atoms with van der Waals surface area (Å²) in [4.78, 5) is 23.2. The quantitative estimate of drug-likeness (QED) is 0.628. The molecule has 0 spiro atoms. The molecule has 2 unspecified atom stereocenters. The summed E-state index contributed by atoms with van der Waals surface area (Å²) >= 11 is 0. The zero-order chi connectivity index (χ0) is 17.4. The Morgan fingerprint density at radius 2 is 1.92 bits per heavy atom. The molecule has 2 N–H and O–H groups in total. The minimum Gasteiger partial charge on any atom is -0.348 e. The third-order valence-corrected chi connectivity index (χ3v) is 4.96. The molecule has 0 radical (unpaired) electrons. The number of nitro benzene ring substituents is 1. The highest BCUT2D eigenvalue weighted by Gasteiger charge is 2.34. The van der Waals surface area contributed by atoms with Crippen LogP contribution in [0.3, 0.4) is 0 Å². The van der Waals surface area contributed by atoms with Crippen molar-refractivity contribution in [3.8, 4) is 5.69 Å². The first kappa shape index (κ1) is 18.3. The van der Waals surface area contributed by atoms with Gasteiger partial charge >= 0.3 is 0 Å². The number of carbonyl (C=O) groups is 1. The summed E-state index contributed by atoms with van der Waals surface area (Å²) in [6.45, 7) is 0. The third kappa shape index (κ3) is 3.56. The molecule has 1 aromatic heterocycles. The molecule has 2 aromatic rings. The summed E-state index contributed by atoms with van der Waals surface area (Å²) in [5.74, 6) is -0.233. The monoisotopic (exact) mass is 377 g/mol. The van der Waals surface area contributed by atoms with E-state index >= 15 is 0 Å². The van der Waals surface area contributed by atoms with Crippen LogP contribution in [0.5, 0.6) is 0 Å². The molecule has 4 rings (SSSR count). The predicted octanol–water partition coefficient (Wildman–Crippen LogP) is 2.22. The van der Waals surface area contributed by atoms with Crippen molar-refractivity contribution in [2.75, 3.05) is 0 Å². The van der Waals surface area contributed by atoms with E-state index in [0.717, 1.165) is 12.8 Å². The Balaban J connectivity index is 0.00000196. The van der Waals surface area contributed by atoms with Crippen molar-refractivity contribution in [1.82, 2.24) is 20.4 Å². The molecule has 8 nitrogen and oxygen atoms in total. The van der Waals surface area contributed by atoms with Gasteiger partial charge in [0.25, 0.3) is 11.6 Å². The second-order valence-electron chi connectivity index (χ2n) is 6.67. The van der Waals surface area contributed by atoms with Gasteiger partial charge in [0, 0.05) is 30.4 Å². The van der Waals surface area contributed by atoms with E-state index in [1.807, 2.05) is 0 Å². The summed E-state index contributed by atoms with van der Waals surface area (Å²) in [5, 5.41) is 22.0. The lowest BCUT2D eigenvalue weighted by Gasteiger charge is -2.29. The summed E-state index contributed by atoms with van der Waals surface area (Å²) in [6.07, 6.45) is 5.79. The number of hydrogen-bond acceptors (Lipinski definition) is 5. The highest BCUT2D eigenvalue weighted by Crippen LogP contribution is 2.27. The van der Waals surface area contributed by atoms with Crippen LogP contribution < -0.4 is 10.6 Å². The lowest BCUT2D eigenvalue weighted by Crippen LogP contribution is -2.48. The number of para-hydroxylation sites is 2. The van der Waals surface area contributed by atoms with E-state index < -0.39 is 4.92 Å². The van der Waals surface area contributed by atoms with E-state index in [-0.39, 0.29) is 35.7 Å². The van der Waals surface area contributed by atoms with Gasteiger partial charge in [-0.2, -0.15) is 5.10 Å². The average Bonchev–Trinajstić information content (AvgIpc) is 3.22. The largest absolute Gasteiger partial charge is 0.348 e. The molecule has 1 aromatic carbocycles. The number of rotatable bonds is 4. The average molecular weight is 378 g/mol. The number of hydrogen-bond donors (Lipinski definition) is 2. The van der Waals surface area contributed by atoms with Gasteiger partial charge < -0.3 is 10.6 Å². The van der Waals surface area contributed by atoms with Gasteiger partial charge in [-0.25, -0.2) is 4.68 Å². The molecule has 138 valence electrons. The van der Waals surface area contributed by atoms with Crippen LogP contribution >= 0.6 is 12.4 Å². The number of fused-ring (bicyclic) bond motifs is 2. The zero-order valence-electron chi connectivity index (χ0n) is 14.0. The van der Waals surface area contributed by atoms with E-state index in [2.05, 4.69) is 15.7 Å². The predicted molar refractivity (Wildman–Crippen MR) is 97.9 cm³/mol. The number of nitro groups is 1. The van der Waals surface area contributed by atoms with Crippen LogP contribution in [0.2, 0.25) is 0 Å². The summed E-state index contributed by atoms with van der Waals surface area (Å²) in [7, 11) is 0. The number of benzene rings is 1. The van der Waals surface area contributed by atoms with Gasteiger partial charge in [0.1, 0.15) is 5.69 Å². The van der Waals surface area contributed by atoms with Crippen LogP contribution in [-0.4, -0.2) is 38.7 Å². The molecule has 0 saturated carbocycles. The molecule has 26 heavy (non-hydrogen) atoms. The van der Waals surface area contributed by atoms with Crippen molar-refractivity contribution >= 4 is 24.0 Å². The normalized spacial score (nSPS) is 23.9. The van der Waals surface area contributed by atoms with Crippen molar-refractivity contribution in [3.05, 3.63) is 52.3 Å². The molecule has 2 aliphatic heterocycles. The Labute approximate surface area is 156 Å². The maximum absolute atomic E-state index is 12.5. The van der Waals surface area contributed by atoms with Gasteiger partial charge in [0.2, 0.25) is 0 Å². The molecule has 0 aliphatic carbocycles. The first-order valence-corrected chi connectivity index (χ1v) is 8.46. The molecule has 2 aliphatic rings. The highest BCUT2D eigenvalue weighted by molar-refractivity contribution is 5.92. The van der Waals surface area contributed by atoms with Gasteiger partial charge in [-0.15, -0.1) is 12.4 Å². The van der Waals surface area contributed by atoms with Crippen molar-refractivity contribution in [2.24, 2.45) is 0 Å². The number of nitrogens with one attached hydrogen (secondary N) is 2. The number of nitrogens with zero attached hydrogens (tertiary/aromatic N) is 3. The molecule has 3 heterocycles. The minimum absolute atomic E-state index is 0. The van der Waals surface area contributed by atoms with E-state index in [4.69, 9.17) is 0 Å². The Hall–Kier alpha value is -2.45. The van der Waals surface area contributed by atoms with Crippen LogP contribution in [-0.2, 0) is 0 Å². The molecular weight excluding hydrogens is 358 g/mol. The van der Waals surface area contributed by atoms with Crippen LogP contribution in [0.4, 0.5) is 5.69 Å². The number of halogens is 1. The maximum Gasteiger partial charge on any atom is 0.294 e. The van der Waals surface area contributed by atoms with Crippen LogP contribution in [0.1, 0.15) is 36.2 Å². The van der Waals surface area contributed by atoms with Crippen LogP contribution in [0.15, 0.2) is 36.5 Å². The van der Waals surface area contributed by atoms with Crippen molar-refractivity contribution < 1.29 is 9.72 Å². The van der Waals surface area contributed by atoms with E-state index in [0.29, 0.717) is 17.8 Å². The van der Waals surface area contributed by atoms with E-state index in [1.54, 1.807) is 30.5 Å². The minimum atomic E-state index is -0.457. The second-order valence-corrected chi connectivity index (χ2v) is 6.67. The molecule has 1 amide bonds. The maximum atomic E-state index is 12.5. The van der Waals surface area contributed by atoms with Crippen molar-refractivity contribution in [1.29, 1.82) is 0 Å². The fourth-order valence-electron chi connectivity index (χ4n) is 3.83. The smallest absolute Gasteiger partial charge is 0.294 e. The number of carbonyl (C=O) groups excluding carboxylic acids is 1. The topological polar surface area (TPSA) is 102 Å². The first-order chi connectivity index (χ1) is 12.1. The Bertz CT molecular complexity index is 812. The molecule has 2 saturated heterocycles.